The average Bonchev–Trinajstić information content (AvgIpc) is 2.45. The van der Waals surface area contributed by atoms with E-state index in [1.807, 2.05) is 11.8 Å². The summed E-state index contributed by atoms with van der Waals surface area (Å²) < 4.78 is 1.16. The second-order valence-corrected chi connectivity index (χ2v) is 7.05. The van der Waals surface area contributed by atoms with Crippen molar-refractivity contribution in [1.82, 2.24) is 10.2 Å². The first kappa shape index (κ1) is 18.0. The van der Waals surface area contributed by atoms with Gasteiger partial charge in [-0.05, 0) is 56.9 Å². The lowest BCUT2D eigenvalue weighted by Crippen LogP contribution is -2.29. The molecule has 0 aliphatic heterocycles. The average molecular weight is 359 g/mol. The van der Waals surface area contributed by atoms with Crippen molar-refractivity contribution < 1.29 is 0 Å². The summed E-state index contributed by atoms with van der Waals surface area (Å²) in [6.45, 7) is 5.59. The molecular weight excluding hydrogens is 332 g/mol. The Morgan fingerprint density at radius 2 is 2.15 bits per heavy atom. The van der Waals surface area contributed by atoms with E-state index in [0.717, 1.165) is 24.0 Å². The quantitative estimate of drug-likeness (QED) is 0.675. The molecule has 0 aliphatic rings. The van der Waals surface area contributed by atoms with E-state index in [4.69, 9.17) is 0 Å². The molecule has 2 nitrogen and oxygen atoms in total. The number of nitrogens with zero attached hydrogens (tertiary/aromatic N) is 1. The van der Waals surface area contributed by atoms with Crippen LogP contribution in [0.3, 0.4) is 0 Å². The standard InChI is InChI=1S/C16H27BrN2S/c1-4-9-18-16(8-10-19(2)11-12-20-3)14-6-5-7-15(17)13-14/h5-7,13,16,18H,4,8-12H2,1-3H3. The van der Waals surface area contributed by atoms with E-state index in [2.05, 4.69) is 70.6 Å². The summed E-state index contributed by atoms with van der Waals surface area (Å²) in [4.78, 5) is 2.43. The number of rotatable bonds is 10. The maximum absolute atomic E-state index is 3.67. The molecule has 1 aromatic rings. The third-order valence-corrected chi connectivity index (χ3v) is 4.45. The highest BCUT2D eigenvalue weighted by atomic mass is 79.9. The van der Waals surface area contributed by atoms with Gasteiger partial charge in [-0.2, -0.15) is 11.8 Å². The van der Waals surface area contributed by atoms with Crippen molar-refractivity contribution in [2.45, 2.75) is 25.8 Å². The van der Waals surface area contributed by atoms with Crippen molar-refractivity contribution >= 4 is 27.7 Å². The van der Waals surface area contributed by atoms with Gasteiger partial charge in [0.05, 0.1) is 0 Å². The Hall–Kier alpha value is -0.0300. The number of thioether (sulfide) groups is 1. The molecule has 0 aromatic heterocycles. The topological polar surface area (TPSA) is 15.3 Å². The Balaban J connectivity index is 2.55. The molecule has 1 unspecified atom stereocenters. The van der Waals surface area contributed by atoms with Crippen molar-refractivity contribution in [2.24, 2.45) is 0 Å². The van der Waals surface area contributed by atoms with Crippen molar-refractivity contribution in [3.63, 3.8) is 0 Å². The lowest BCUT2D eigenvalue weighted by Gasteiger charge is -2.23. The highest BCUT2D eigenvalue weighted by molar-refractivity contribution is 9.10. The van der Waals surface area contributed by atoms with Crippen molar-refractivity contribution in [2.75, 3.05) is 38.7 Å². The first-order valence-electron chi connectivity index (χ1n) is 7.33. The summed E-state index contributed by atoms with van der Waals surface area (Å²) in [5, 5.41) is 3.67. The summed E-state index contributed by atoms with van der Waals surface area (Å²) in [5.74, 6) is 1.21. The summed E-state index contributed by atoms with van der Waals surface area (Å²) in [6.07, 6.45) is 4.50. The van der Waals surface area contributed by atoms with Crippen LogP contribution < -0.4 is 5.32 Å². The molecule has 0 aliphatic carbocycles. The molecular formula is C16H27BrN2S. The smallest absolute Gasteiger partial charge is 0.0332 e. The SMILES string of the molecule is CCCNC(CCN(C)CCSC)c1cccc(Br)c1. The zero-order chi connectivity index (χ0) is 14.8. The summed E-state index contributed by atoms with van der Waals surface area (Å²) in [7, 11) is 2.22. The fourth-order valence-corrected chi connectivity index (χ4v) is 3.05. The summed E-state index contributed by atoms with van der Waals surface area (Å²) >= 11 is 5.48. The third kappa shape index (κ3) is 7.11. The van der Waals surface area contributed by atoms with Crippen LogP contribution in [0.25, 0.3) is 0 Å². The van der Waals surface area contributed by atoms with E-state index in [-0.39, 0.29) is 0 Å². The Morgan fingerprint density at radius 1 is 1.35 bits per heavy atom. The molecule has 0 saturated heterocycles. The van der Waals surface area contributed by atoms with E-state index >= 15 is 0 Å². The van der Waals surface area contributed by atoms with Crippen molar-refractivity contribution in [3.05, 3.63) is 34.3 Å². The third-order valence-electron chi connectivity index (χ3n) is 3.37. The molecule has 4 heteroatoms. The molecule has 1 aromatic carbocycles. The van der Waals surface area contributed by atoms with Gasteiger partial charge in [0.15, 0.2) is 0 Å². The predicted octanol–water partition coefficient (Wildman–Crippen LogP) is 4.17. The van der Waals surface area contributed by atoms with E-state index in [1.54, 1.807) is 0 Å². The van der Waals surface area contributed by atoms with Gasteiger partial charge in [0, 0.05) is 22.8 Å². The molecule has 1 N–H and O–H groups in total. The molecule has 1 atom stereocenters. The van der Waals surface area contributed by atoms with Gasteiger partial charge in [0.1, 0.15) is 0 Å². The molecule has 1 rings (SSSR count). The monoisotopic (exact) mass is 358 g/mol. The van der Waals surface area contributed by atoms with Crippen LogP contribution in [-0.2, 0) is 0 Å². The number of nitrogens with one attached hydrogen (secondary N) is 1. The second kappa shape index (κ2) is 10.7. The molecule has 0 fully saturated rings. The normalized spacial score (nSPS) is 12.8. The van der Waals surface area contributed by atoms with Crippen LogP contribution in [0.4, 0.5) is 0 Å². The van der Waals surface area contributed by atoms with E-state index in [9.17, 15) is 0 Å². The zero-order valence-electron chi connectivity index (χ0n) is 12.9. The maximum Gasteiger partial charge on any atom is 0.0332 e. The van der Waals surface area contributed by atoms with Crippen LogP contribution in [0.2, 0.25) is 0 Å². The maximum atomic E-state index is 3.67. The highest BCUT2D eigenvalue weighted by Gasteiger charge is 2.12. The fourth-order valence-electron chi connectivity index (χ4n) is 2.14. The van der Waals surface area contributed by atoms with Gasteiger partial charge < -0.3 is 10.2 Å². The predicted molar refractivity (Wildman–Crippen MR) is 95.7 cm³/mol. The molecule has 114 valence electrons. The first-order valence-corrected chi connectivity index (χ1v) is 9.52. The highest BCUT2D eigenvalue weighted by Crippen LogP contribution is 2.21. The van der Waals surface area contributed by atoms with Gasteiger partial charge in [-0.1, -0.05) is 35.0 Å². The van der Waals surface area contributed by atoms with Gasteiger partial charge in [-0.15, -0.1) is 0 Å². The Labute approximate surface area is 136 Å². The van der Waals surface area contributed by atoms with Crippen molar-refractivity contribution in [1.29, 1.82) is 0 Å². The van der Waals surface area contributed by atoms with Crippen LogP contribution >= 0.6 is 27.7 Å². The lowest BCUT2D eigenvalue weighted by molar-refractivity contribution is 0.323. The molecule has 0 spiro atoms. The molecule has 20 heavy (non-hydrogen) atoms. The Kier molecular flexibility index (Phi) is 9.61. The fraction of sp³-hybridized carbons (Fsp3) is 0.625. The van der Waals surface area contributed by atoms with Gasteiger partial charge in [-0.25, -0.2) is 0 Å². The summed E-state index contributed by atoms with van der Waals surface area (Å²) in [5.41, 5.74) is 1.38. The van der Waals surface area contributed by atoms with Gasteiger partial charge in [-0.3, -0.25) is 0 Å². The van der Waals surface area contributed by atoms with E-state index in [1.165, 1.54) is 24.3 Å². The zero-order valence-corrected chi connectivity index (χ0v) is 15.3. The Morgan fingerprint density at radius 3 is 2.80 bits per heavy atom. The number of halogens is 1. The van der Waals surface area contributed by atoms with Crippen LogP contribution in [0.15, 0.2) is 28.7 Å². The van der Waals surface area contributed by atoms with Crippen LogP contribution in [0.1, 0.15) is 31.4 Å². The molecule has 0 bridgehead atoms. The second-order valence-electron chi connectivity index (χ2n) is 5.15. The van der Waals surface area contributed by atoms with E-state index in [0.29, 0.717) is 6.04 Å². The van der Waals surface area contributed by atoms with Crippen LogP contribution in [0, 0.1) is 0 Å². The minimum Gasteiger partial charge on any atom is -0.310 e. The molecule has 0 radical (unpaired) electrons. The summed E-state index contributed by atoms with van der Waals surface area (Å²) in [6, 6.07) is 9.11. The number of hydrogen-bond acceptors (Lipinski definition) is 3. The number of benzene rings is 1. The van der Waals surface area contributed by atoms with Gasteiger partial charge in [0.25, 0.3) is 0 Å². The van der Waals surface area contributed by atoms with Crippen molar-refractivity contribution in [3.8, 4) is 0 Å². The van der Waals surface area contributed by atoms with Crippen LogP contribution in [0.5, 0.6) is 0 Å². The minimum absolute atomic E-state index is 0.448. The minimum atomic E-state index is 0.448. The van der Waals surface area contributed by atoms with Gasteiger partial charge >= 0.3 is 0 Å². The Bertz CT molecular complexity index is 373. The molecule has 0 heterocycles. The molecule has 0 amide bonds. The first-order chi connectivity index (χ1) is 9.67. The lowest BCUT2D eigenvalue weighted by atomic mass is 10.0. The van der Waals surface area contributed by atoms with Crippen LogP contribution in [-0.4, -0.2) is 43.6 Å². The van der Waals surface area contributed by atoms with Gasteiger partial charge in [0.2, 0.25) is 0 Å². The molecule has 0 saturated carbocycles. The van der Waals surface area contributed by atoms with E-state index < -0.39 is 0 Å². The number of hydrogen-bond donors (Lipinski definition) is 1. The largest absolute Gasteiger partial charge is 0.310 e.